The van der Waals surface area contributed by atoms with E-state index in [0.29, 0.717) is 24.7 Å². The summed E-state index contributed by atoms with van der Waals surface area (Å²) in [6.45, 7) is 4.70. The summed E-state index contributed by atoms with van der Waals surface area (Å²) in [6, 6.07) is 10.9. The van der Waals surface area contributed by atoms with Gasteiger partial charge in [0.05, 0.1) is 0 Å². The maximum Gasteiger partial charge on any atom is 0.328 e. The topological polar surface area (TPSA) is 113 Å². The lowest BCUT2D eigenvalue weighted by molar-refractivity contribution is -0.139. The van der Waals surface area contributed by atoms with E-state index in [0.717, 1.165) is 16.3 Å². The highest BCUT2D eigenvalue weighted by Crippen LogP contribution is 2.27. The highest BCUT2D eigenvalue weighted by Gasteiger charge is 2.33. The number of aliphatic carboxylic acids is 1. The number of carboxylic acids is 1. The van der Waals surface area contributed by atoms with Crippen LogP contribution in [-0.2, 0) is 11.2 Å². The molecule has 4 rings (SSSR count). The van der Waals surface area contributed by atoms with E-state index >= 15 is 0 Å². The molecule has 0 amide bonds. The van der Waals surface area contributed by atoms with Gasteiger partial charge in [-0.15, -0.1) is 0 Å². The molecular weight excluding hydrogens is 436 g/mol. The fourth-order valence-corrected chi connectivity index (χ4v) is 3.90. The predicted octanol–water partition coefficient (Wildman–Crippen LogP) is 2.78. The van der Waals surface area contributed by atoms with Crippen LogP contribution in [0.3, 0.4) is 0 Å². The number of ether oxygens (including phenoxy) is 1. The average Bonchev–Trinajstić information content (AvgIpc) is 2.86. The fourth-order valence-electron chi connectivity index (χ4n) is 3.90. The van der Waals surface area contributed by atoms with Crippen LogP contribution < -0.4 is 20.6 Å². The quantitative estimate of drug-likeness (QED) is 0.282. The molecule has 4 aromatic rings. The average molecular weight is 460 g/mol. The van der Waals surface area contributed by atoms with Crippen molar-refractivity contribution >= 4 is 22.4 Å². The van der Waals surface area contributed by atoms with Crippen molar-refractivity contribution in [2.45, 2.75) is 26.3 Å². The van der Waals surface area contributed by atoms with Crippen molar-refractivity contribution in [1.29, 1.82) is 0 Å². The summed E-state index contributed by atoms with van der Waals surface area (Å²) < 4.78 is 5.95. The summed E-state index contributed by atoms with van der Waals surface area (Å²) in [6.07, 6.45) is 5.18. The SMILES string of the molecule is CCN(CC)N(c1cc(=O)c1=O)C(Cc1ccc(Oc2nccc3cnccc23)cc1)C(=O)O. The number of nitrogens with zero attached hydrogens (tertiary/aromatic N) is 4. The summed E-state index contributed by atoms with van der Waals surface area (Å²) in [4.78, 5) is 44.3. The molecule has 1 N–H and O–H groups in total. The molecule has 2 aromatic carbocycles. The fraction of sp³-hybridized carbons (Fsp3) is 0.240. The molecule has 2 heterocycles. The van der Waals surface area contributed by atoms with Crippen molar-refractivity contribution in [3.05, 3.63) is 87.1 Å². The number of hydrazine groups is 1. The zero-order valence-electron chi connectivity index (χ0n) is 18.8. The third kappa shape index (κ3) is 4.51. The van der Waals surface area contributed by atoms with Gasteiger partial charge in [0.1, 0.15) is 17.5 Å². The monoisotopic (exact) mass is 460 g/mol. The first kappa shape index (κ1) is 23.1. The number of hydrogen-bond acceptors (Lipinski definition) is 8. The van der Waals surface area contributed by atoms with Crippen LogP contribution in [0.25, 0.3) is 10.8 Å². The van der Waals surface area contributed by atoms with E-state index in [9.17, 15) is 19.5 Å². The first-order chi connectivity index (χ1) is 16.4. The normalized spacial score (nSPS) is 12.2. The third-order valence-electron chi connectivity index (χ3n) is 5.68. The minimum Gasteiger partial charge on any atom is -0.480 e. The van der Waals surface area contributed by atoms with Crippen molar-refractivity contribution in [2.75, 3.05) is 18.1 Å². The molecule has 0 radical (unpaired) electrons. The van der Waals surface area contributed by atoms with E-state index in [4.69, 9.17) is 4.74 Å². The van der Waals surface area contributed by atoms with Gasteiger partial charge in [-0.3, -0.25) is 19.6 Å². The second-order valence-corrected chi connectivity index (χ2v) is 7.72. The Kier molecular flexibility index (Phi) is 6.65. The third-order valence-corrected chi connectivity index (χ3v) is 5.68. The molecule has 0 aliphatic rings. The Hall–Kier alpha value is -4.11. The van der Waals surface area contributed by atoms with E-state index < -0.39 is 22.9 Å². The minimum atomic E-state index is -1.09. The lowest BCUT2D eigenvalue weighted by Crippen LogP contribution is -2.57. The number of anilines is 1. The van der Waals surface area contributed by atoms with Gasteiger partial charge < -0.3 is 9.84 Å². The number of fused-ring (bicyclic) bond motifs is 1. The Bertz CT molecular complexity index is 1370. The molecule has 9 heteroatoms. The van der Waals surface area contributed by atoms with E-state index in [1.165, 1.54) is 11.1 Å². The number of benzene rings is 1. The second-order valence-electron chi connectivity index (χ2n) is 7.72. The zero-order chi connectivity index (χ0) is 24.2. The van der Waals surface area contributed by atoms with E-state index in [1.54, 1.807) is 47.9 Å². The molecule has 0 aliphatic heterocycles. The van der Waals surface area contributed by atoms with Gasteiger partial charge >= 0.3 is 5.97 Å². The molecule has 0 fully saturated rings. The molecule has 0 saturated heterocycles. The summed E-state index contributed by atoms with van der Waals surface area (Å²) >= 11 is 0. The Labute approximate surface area is 195 Å². The van der Waals surface area contributed by atoms with E-state index in [-0.39, 0.29) is 12.1 Å². The van der Waals surface area contributed by atoms with E-state index in [1.807, 2.05) is 26.0 Å². The van der Waals surface area contributed by atoms with Crippen molar-refractivity contribution < 1.29 is 14.6 Å². The van der Waals surface area contributed by atoms with Gasteiger partial charge in [0.2, 0.25) is 16.7 Å². The maximum atomic E-state index is 12.2. The second kappa shape index (κ2) is 9.80. The first-order valence-electron chi connectivity index (χ1n) is 11.0. The lowest BCUT2D eigenvalue weighted by Gasteiger charge is -2.39. The van der Waals surface area contributed by atoms with Crippen molar-refractivity contribution in [2.24, 2.45) is 0 Å². The molecule has 0 saturated carbocycles. The number of hydrogen-bond donors (Lipinski definition) is 1. The number of aromatic nitrogens is 2. The van der Waals surface area contributed by atoms with E-state index in [2.05, 4.69) is 9.97 Å². The van der Waals surface area contributed by atoms with Crippen LogP contribution in [0, 0.1) is 0 Å². The molecule has 1 unspecified atom stereocenters. The largest absolute Gasteiger partial charge is 0.480 e. The van der Waals surface area contributed by atoms with Gasteiger partial charge in [-0.1, -0.05) is 26.0 Å². The Morgan fingerprint density at radius 1 is 1.06 bits per heavy atom. The Morgan fingerprint density at radius 2 is 1.79 bits per heavy atom. The van der Waals surface area contributed by atoms with Gasteiger partial charge in [0.15, 0.2) is 0 Å². The molecular formula is C25H24N4O5. The summed E-state index contributed by atoms with van der Waals surface area (Å²) in [5.41, 5.74) is -0.432. The van der Waals surface area contributed by atoms with Crippen LogP contribution in [0.1, 0.15) is 19.4 Å². The molecule has 2 aromatic heterocycles. The molecule has 9 nitrogen and oxygen atoms in total. The molecule has 34 heavy (non-hydrogen) atoms. The van der Waals surface area contributed by atoms with Crippen LogP contribution in [-0.4, -0.2) is 45.2 Å². The summed E-state index contributed by atoms with van der Waals surface area (Å²) in [7, 11) is 0. The van der Waals surface area contributed by atoms with Crippen LogP contribution in [0.15, 0.2) is 70.6 Å². The maximum absolute atomic E-state index is 12.2. The minimum absolute atomic E-state index is 0.109. The van der Waals surface area contributed by atoms with Crippen molar-refractivity contribution in [1.82, 2.24) is 15.0 Å². The van der Waals surface area contributed by atoms with Crippen LogP contribution in [0.4, 0.5) is 5.69 Å². The Morgan fingerprint density at radius 3 is 2.41 bits per heavy atom. The van der Waals surface area contributed by atoms with Crippen LogP contribution in [0.5, 0.6) is 11.6 Å². The number of carboxylic acid groups (broad SMARTS) is 1. The van der Waals surface area contributed by atoms with Gasteiger partial charge in [-0.25, -0.2) is 14.8 Å². The standard InChI is InChI=1S/C25H24N4O5/c1-3-28(4-2)29(20-14-22(30)23(20)31)21(25(32)33)13-16-5-7-18(8-6-16)34-24-19-10-11-26-15-17(19)9-12-27-24/h5-12,14-15,21H,3-4,13H2,1-2H3,(H,32,33). The number of rotatable bonds is 10. The molecule has 0 spiro atoms. The summed E-state index contributed by atoms with van der Waals surface area (Å²) in [5, 5.41) is 14.9. The van der Waals surface area contributed by atoms with Gasteiger partial charge in [0.25, 0.3) is 0 Å². The highest BCUT2D eigenvalue weighted by molar-refractivity contribution is 5.85. The molecule has 174 valence electrons. The Balaban J connectivity index is 1.57. The number of carbonyl (C=O) groups is 1. The smallest absolute Gasteiger partial charge is 0.328 e. The molecule has 0 aliphatic carbocycles. The van der Waals surface area contributed by atoms with Crippen LogP contribution >= 0.6 is 0 Å². The van der Waals surface area contributed by atoms with Crippen LogP contribution in [0.2, 0.25) is 0 Å². The highest BCUT2D eigenvalue weighted by atomic mass is 16.5. The molecule has 0 bridgehead atoms. The zero-order valence-corrected chi connectivity index (χ0v) is 18.8. The predicted molar refractivity (Wildman–Crippen MR) is 128 cm³/mol. The van der Waals surface area contributed by atoms with Gasteiger partial charge in [-0.2, -0.15) is 0 Å². The van der Waals surface area contributed by atoms with Gasteiger partial charge in [-0.05, 0) is 29.8 Å². The van der Waals surface area contributed by atoms with Crippen molar-refractivity contribution in [3.63, 3.8) is 0 Å². The number of pyridine rings is 2. The van der Waals surface area contributed by atoms with Crippen molar-refractivity contribution in [3.8, 4) is 11.6 Å². The molecule has 1 atom stereocenters. The summed E-state index contributed by atoms with van der Waals surface area (Å²) in [5.74, 6) is -0.0896. The first-order valence-corrected chi connectivity index (χ1v) is 11.0. The lowest BCUT2D eigenvalue weighted by atomic mass is 10.0. The van der Waals surface area contributed by atoms with Gasteiger partial charge in [0, 0.05) is 54.9 Å².